The third kappa shape index (κ3) is 2.17. The van der Waals surface area contributed by atoms with Crippen LogP contribution < -0.4 is 5.59 Å². The van der Waals surface area contributed by atoms with Gasteiger partial charge >= 0.3 is 7.12 Å². The minimum absolute atomic E-state index is 0.298. The number of hydrogen-bond donors (Lipinski definition) is 0. The molecule has 0 aliphatic carbocycles. The van der Waals surface area contributed by atoms with Crippen LogP contribution in [0.5, 0.6) is 0 Å². The standard InChI is InChI=1S/C9H15BIN2O2P/c1-8(2)9(3,4)15-10(14-8)7-5-6-13(12-7)16-11/h5-6,16H,1-4H3. The van der Waals surface area contributed by atoms with Crippen molar-refractivity contribution in [3.8, 4) is 0 Å². The van der Waals surface area contributed by atoms with Crippen LogP contribution in [0, 0.1) is 0 Å². The molecule has 7 heteroatoms. The fourth-order valence-electron chi connectivity index (χ4n) is 1.47. The van der Waals surface area contributed by atoms with Gasteiger partial charge in [0, 0.05) is 6.20 Å². The number of rotatable bonds is 2. The first-order chi connectivity index (χ1) is 7.36. The van der Waals surface area contributed by atoms with Crippen LogP contribution >= 0.6 is 28.4 Å². The van der Waals surface area contributed by atoms with Crippen LogP contribution in [0.2, 0.25) is 0 Å². The van der Waals surface area contributed by atoms with Gasteiger partial charge in [0.15, 0.2) is 0 Å². The van der Waals surface area contributed by atoms with Gasteiger partial charge in [-0.1, -0.05) is 0 Å². The normalized spacial score (nSPS) is 23.4. The quantitative estimate of drug-likeness (QED) is 0.464. The zero-order valence-corrected chi connectivity index (χ0v) is 13.0. The zero-order chi connectivity index (χ0) is 12.0. The topological polar surface area (TPSA) is 36.3 Å². The molecule has 0 aromatic carbocycles. The van der Waals surface area contributed by atoms with Crippen molar-refractivity contribution in [3.05, 3.63) is 12.3 Å². The van der Waals surface area contributed by atoms with E-state index in [2.05, 4.69) is 27.1 Å². The zero-order valence-electron chi connectivity index (χ0n) is 9.82. The molecule has 1 aliphatic heterocycles. The number of hydrogen-bond acceptors (Lipinski definition) is 3. The van der Waals surface area contributed by atoms with Gasteiger partial charge in [0.1, 0.15) is 0 Å². The summed E-state index contributed by atoms with van der Waals surface area (Å²) in [6.07, 6.45) is 2.55. The molecule has 0 spiro atoms. The summed E-state index contributed by atoms with van der Waals surface area (Å²) >= 11 is 2.29. The van der Waals surface area contributed by atoms with E-state index in [0.717, 1.165) is 5.59 Å². The molecule has 0 amide bonds. The average Bonchev–Trinajstić information content (AvgIpc) is 2.70. The number of halogens is 1. The van der Waals surface area contributed by atoms with Gasteiger partial charge in [-0.2, -0.15) is 5.10 Å². The van der Waals surface area contributed by atoms with Crippen molar-refractivity contribution < 1.29 is 9.31 Å². The molecule has 1 aliphatic rings. The molecule has 2 heterocycles. The second-order valence-corrected chi connectivity index (χ2v) is 6.93. The summed E-state index contributed by atoms with van der Waals surface area (Å²) in [6.45, 7) is 8.18. The lowest BCUT2D eigenvalue weighted by molar-refractivity contribution is 0.00578. The summed E-state index contributed by atoms with van der Waals surface area (Å²) in [4.78, 5) is 0. The highest BCUT2D eigenvalue weighted by atomic mass is 127. The van der Waals surface area contributed by atoms with Crippen LogP contribution in [0.25, 0.3) is 0 Å². The summed E-state index contributed by atoms with van der Waals surface area (Å²) in [5.41, 5.74) is 0.255. The first-order valence-electron chi connectivity index (χ1n) is 5.13. The van der Waals surface area contributed by atoms with Crippen molar-refractivity contribution in [3.63, 3.8) is 0 Å². The van der Waals surface area contributed by atoms with Crippen molar-refractivity contribution >= 4 is 41.1 Å². The van der Waals surface area contributed by atoms with E-state index >= 15 is 0 Å². The summed E-state index contributed by atoms with van der Waals surface area (Å²) in [6, 6.07) is 1.95. The second-order valence-electron chi connectivity index (χ2n) is 4.86. The Labute approximate surface area is 111 Å². The summed E-state index contributed by atoms with van der Waals surface area (Å²) < 4.78 is 13.7. The third-order valence-corrected chi connectivity index (χ3v) is 5.10. The summed E-state index contributed by atoms with van der Waals surface area (Å²) in [5, 5.41) is 4.41. The van der Waals surface area contributed by atoms with E-state index in [1.807, 2.05) is 44.4 Å². The van der Waals surface area contributed by atoms with Crippen LogP contribution in [0.1, 0.15) is 27.7 Å². The van der Waals surface area contributed by atoms with Crippen molar-refractivity contribution in [2.75, 3.05) is 0 Å². The van der Waals surface area contributed by atoms with Gasteiger partial charge in [0.05, 0.1) is 23.2 Å². The highest BCUT2D eigenvalue weighted by Gasteiger charge is 2.52. The molecule has 1 fully saturated rings. The minimum Gasteiger partial charge on any atom is -0.398 e. The molecular weight excluding hydrogens is 337 g/mol. The lowest BCUT2D eigenvalue weighted by Gasteiger charge is -2.32. The predicted octanol–water partition coefficient (Wildman–Crippen LogP) is 1.97. The Kier molecular flexibility index (Phi) is 3.38. The molecule has 0 N–H and O–H groups in total. The maximum atomic E-state index is 5.91. The molecule has 1 saturated heterocycles. The maximum Gasteiger partial charge on any atom is 0.516 e. The first kappa shape index (κ1) is 12.8. The Hall–Kier alpha value is 0.355. The molecule has 1 aromatic rings. The van der Waals surface area contributed by atoms with Gasteiger partial charge in [-0.15, -0.1) is 0 Å². The van der Waals surface area contributed by atoms with Crippen LogP contribution in [0.3, 0.4) is 0 Å². The van der Waals surface area contributed by atoms with E-state index in [1.54, 1.807) is 0 Å². The fraction of sp³-hybridized carbons (Fsp3) is 0.667. The first-order valence-corrected chi connectivity index (χ1v) is 9.20. The van der Waals surface area contributed by atoms with Gasteiger partial charge < -0.3 is 9.31 Å². The maximum absolute atomic E-state index is 5.91. The Morgan fingerprint density at radius 1 is 1.31 bits per heavy atom. The lowest BCUT2D eigenvalue weighted by Crippen LogP contribution is -2.41. The fourth-order valence-corrected chi connectivity index (χ4v) is 2.56. The molecular formula is C9H15BIN2O2P. The van der Waals surface area contributed by atoms with Crippen LogP contribution in [0.15, 0.2) is 12.3 Å². The van der Waals surface area contributed by atoms with Gasteiger partial charge in [0.2, 0.25) is 0 Å². The largest absolute Gasteiger partial charge is 0.516 e. The Morgan fingerprint density at radius 3 is 2.31 bits per heavy atom. The molecule has 0 radical (unpaired) electrons. The average molecular weight is 352 g/mol. The van der Waals surface area contributed by atoms with E-state index < -0.39 is 0 Å². The van der Waals surface area contributed by atoms with E-state index in [0.29, 0.717) is 6.37 Å². The van der Waals surface area contributed by atoms with Crippen LogP contribution in [-0.2, 0) is 9.31 Å². The minimum atomic E-state index is -0.348. The van der Waals surface area contributed by atoms with Crippen molar-refractivity contribution in [1.82, 2.24) is 9.55 Å². The second kappa shape index (κ2) is 4.23. The molecule has 16 heavy (non-hydrogen) atoms. The van der Waals surface area contributed by atoms with Crippen LogP contribution in [0.4, 0.5) is 0 Å². The molecule has 2 rings (SSSR count). The lowest BCUT2D eigenvalue weighted by atomic mass is 9.85. The predicted molar refractivity (Wildman–Crippen MR) is 75.7 cm³/mol. The molecule has 1 aromatic heterocycles. The number of aromatic nitrogens is 2. The Balaban J connectivity index is 2.20. The van der Waals surface area contributed by atoms with Gasteiger partial charge in [0.25, 0.3) is 0 Å². The molecule has 88 valence electrons. The summed E-state index contributed by atoms with van der Waals surface area (Å²) in [7, 11) is -0.348. The van der Waals surface area contributed by atoms with E-state index in [-0.39, 0.29) is 18.3 Å². The highest BCUT2D eigenvalue weighted by molar-refractivity contribution is 14.2. The van der Waals surface area contributed by atoms with E-state index in [4.69, 9.17) is 9.31 Å². The van der Waals surface area contributed by atoms with E-state index in [1.165, 1.54) is 0 Å². The Bertz CT molecular complexity index is 381. The molecule has 1 unspecified atom stereocenters. The van der Waals surface area contributed by atoms with Gasteiger partial charge in [-0.05, 0) is 55.8 Å². The molecule has 1 atom stereocenters. The monoisotopic (exact) mass is 352 g/mol. The van der Waals surface area contributed by atoms with E-state index in [9.17, 15) is 0 Å². The van der Waals surface area contributed by atoms with Gasteiger partial charge in [-0.3, -0.25) is 0 Å². The number of nitrogens with zero attached hydrogens (tertiary/aromatic N) is 2. The smallest absolute Gasteiger partial charge is 0.398 e. The van der Waals surface area contributed by atoms with Crippen molar-refractivity contribution in [2.45, 2.75) is 38.9 Å². The van der Waals surface area contributed by atoms with Crippen LogP contribution in [-0.4, -0.2) is 27.9 Å². The van der Waals surface area contributed by atoms with Gasteiger partial charge in [-0.25, -0.2) is 4.45 Å². The van der Waals surface area contributed by atoms with Crippen molar-refractivity contribution in [1.29, 1.82) is 0 Å². The SMILES string of the molecule is CC1(C)OB(c2ccn(PI)n2)OC1(C)C. The summed E-state index contributed by atoms with van der Waals surface area (Å²) in [5.74, 6) is 0. The molecule has 0 bridgehead atoms. The molecule has 0 saturated carbocycles. The third-order valence-electron chi connectivity index (χ3n) is 3.19. The highest BCUT2D eigenvalue weighted by Crippen LogP contribution is 2.36. The molecule has 4 nitrogen and oxygen atoms in total. The van der Waals surface area contributed by atoms with Crippen molar-refractivity contribution in [2.24, 2.45) is 0 Å². The Morgan fingerprint density at radius 2 is 1.88 bits per heavy atom.